The van der Waals surface area contributed by atoms with Crippen molar-refractivity contribution in [1.82, 2.24) is 20.2 Å². The van der Waals surface area contributed by atoms with Crippen molar-refractivity contribution in [3.8, 4) is 28.6 Å². The zero-order valence-electron chi connectivity index (χ0n) is 30.4. The molecule has 11 heteroatoms. The minimum absolute atomic E-state index is 0.0350. The smallest absolute Gasteiger partial charge is 0.319 e. The lowest BCUT2D eigenvalue weighted by atomic mass is 9.91. The molecule has 3 N–H and O–H groups in total. The zero-order valence-corrected chi connectivity index (χ0v) is 30.4. The summed E-state index contributed by atoms with van der Waals surface area (Å²) in [6.45, 7) is 6.34. The summed E-state index contributed by atoms with van der Waals surface area (Å²) in [7, 11) is 1.63. The Bertz CT molecular complexity index is 2180. The quantitative estimate of drug-likeness (QED) is 0.135. The van der Waals surface area contributed by atoms with E-state index in [1.165, 1.54) is 12.1 Å². The first-order valence-electron chi connectivity index (χ1n) is 19.1. The van der Waals surface area contributed by atoms with E-state index in [1.54, 1.807) is 19.2 Å². The third-order valence-corrected chi connectivity index (χ3v) is 12.1. The summed E-state index contributed by atoms with van der Waals surface area (Å²) in [5, 5.41) is 20.0. The van der Waals surface area contributed by atoms with Crippen LogP contribution in [0, 0.1) is 11.6 Å². The van der Waals surface area contributed by atoms with Gasteiger partial charge in [0.1, 0.15) is 35.3 Å². The van der Waals surface area contributed by atoms with Crippen LogP contribution in [0.2, 0.25) is 0 Å². The molecule has 9 nitrogen and oxygen atoms in total. The lowest BCUT2D eigenvalue weighted by Crippen LogP contribution is -2.51. The van der Waals surface area contributed by atoms with E-state index < -0.39 is 5.82 Å². The molecule has 0 radical (unpaired) electrons. The van der Waals surface area contributed by atoms with Gasteiger partial charge in [0.2, 0.25) is 0 Å². The number of aryl methyl sites for hydroxylation is 1. The molecule has 9 rings (SSSR count). The SMILES string of the molecule is CCc1c(F)ccc2cc(O)cc(-c3c(NCc4ccc(OC)cc4)cc4c(N5CC6CCC(C5)N6)nc(OCC56CCCN5CCC6)nc4c3F)c12. The van der Waals surface area contributed by atoms with Crippen LogP contribution in [0.3, 0.4) is 0 Å². The van der Waals surface area contributed by atoms with Gasteiger partial charge in [0, 0.05) is 48.4 Å². The third-order valence-electron chi connectivity index (χ3n) is 12.1. The van der Waals surface area contributed by atoms with Crippen LogP contribution in [0.1, 0.15) is 56.6 Å². The van der Waals surface area contributed by atoms with Crippen LogP contribution in [-0.4, -0.2) is 77.5 Å². The number of hydrogen-bond donors (Lipinski definition) is 3. The largest absolute Gasteiger partial charge is 0.508 e. The fraction of sp³-hybridized carbons (Fsp3) is 0.429. The van der Waals surface area contributed by atoms with E-state index in [1.807, 2.05) is 37.3 Å². The molecule has 4 saturated heterocycles. The summed E-state index contributed by atoms with van der Waals surface area (Å²) in [5.41, 5.74) is 2.61. The molecule has 0 aliphatic carbocycles. The Hall–Kier alpha value is -4.74. The van der Waals surface area contributed by atoms with E-state index in [0.717, 1.165) is 76.0 Å². The van der Waals surface area contributed by atoms with Gasteiger partial charge in [-0.1, -0.05) is 25.1 Å². The molecule has 2 bridgehead atoms. The topological polar surface area (TPSA) is 95.0 Å². The number of hydrogen-bond acceptors (Lipinski definition) is 9. The first-order chi connectivity index (χ1) is 25.8. The van der Waals surface area contributed by atoms with E-state index in [9.17, 15) is 5.11 Å². The summed E-state index contributed by atoms with van der Waals surface area (Å²) in [6, 6.07) is 16.6. The number of rotatable bonds is 10. The molecular formula is C42H46F2N6O3. The average Bonchev–Trinajstić information content (AvgIpc) is 3.86. The summed E-state index contributed by atoms with van der Waals surface area (Å²) in [4.78, 5) is 14.7. The van der Waals surface area contributed by atoms with Crippen molar-refractivity contribution in [2.75, 3.05) is 50.1 Å². The number of benzene rings is 4. The van der Waals surface area contributed by atoms with Crippen LogP contribution >= 0.6 is 0 Å². The lowest BCUT2D eigenvalue weighted by Gasteiger charge is -2.35. The van der Waals surface area contributed by atoms with E-state index in [4.69, 9.17) is 19.4 Å². The van der Waals surface area contributed by atoms with Gasteiger partial charge >= 0.3 is 6.01 Å². The Morgan fingerprint density at radius 3 is 2.45 bits per heavy atom. The van der Waals surface area contributed by atoms with Crippen molar-refractivity contribution < 1.29 is 23.4 Å². The first-order valence-corrected chi connectivity index (χ1v) is 19.1. The Morgan fingerprint density at radius 1 is 0.981 bits per heavy atom. The molecule has 276 valence electrons. The van der Waals surface area contributed by atoms with E-state index in [-0.39, 0.29) is 34.2 Å². The van der Waals surface area contributed by atoms with Crippen LogP contribution < -0.4 is 25.0 Å². The predicted molar refractivity (Wildman–Crippen MR) is 204 cm³/mol. The number of halogens is 2. The second kappa shape index (κ2) is 13.6. The molecule has 5 aromatic rings. The molecule has 4 fully saturated rings. The molecule has 4 aliphatic rings. The fourth-order valence-electron chi connectivity index (χ4n) is 9.51. The van der Waals surface area contributed by atoms with Crippen LogP contribution in [-0.2, 0) is 13.0 Å². The molecule has 4 aromatic carbocycles. The second-order valence-electron chi connectivity index (χ2n) is 15.3. The number of nitrogens with zero attached hydrogens (tertiary/aromatic N) is 4. The van der Waals surface area contributed by atoms with Gasteiger partial charge in [-0.15, -0.1) is 0 Å². The monoisotopic (exact) mass is 720 g/mol. The second-order valence-corrected chi connectivity index (χ2v) is 15.3. The minimum Gasteiger partial charge on any atom is -0.508 e. The summed E-state index contributed by atoms with van der Waals surface area (Å²) >= 11 is 0. The molecule has 1 aromatic heterocycles. The molecule has 5 heterocycles. The number of phenolic OH excluding ortho intramolecular Hbond substituents is 1. The number of aromatic nitrogens is 2. The Balaban J connectivity index is 1.24. The number of phenols is 1. The number of nitrogens with one attached hydrogen (secondary N) is 2. The molecule has 0 spiro atoms. The average molecular weight is 721 g/mol. The van der Waals surface area contributed by atoms with Gasteiger partial charge in [-0.3, -0.25) is 4.90 Å². The molecule has 4 aliphatic heterocycles. The first kappa shape index (κ1) is 34.1. The van der Waals surface area contributed by atoms with Crippen molar-refractivity contribution in [2.45, 2.75) is 76.0 Å². The Labute approximate surface area is 308 Å². The standard InChI is InChI=1S/C42H46F2N6O3/c1-3-31-34(43)13-8-26-18-29(51)19-32(36(26)31)37-35(45-21-25-6-11-30(52-2)12-7-25)20-33-39(38(37)44)47-41(53-24-42-14-4-16-50(42)17-5-15-42)48-40(33)49-22-27-9-10-28(23-49)46-27/h6-8,11-13,18-20,27-28,45-46,51H,3-5,9-10,14-17,21-24H2,1-2H3. The zero-order chi connectivity index (χ0) is 36.3. The fourth-order valence-corrected chi connectivity index (χ4v) is 9.51. The predicted octanol–water partition coefficient (Wildman–Crippen LogP) is 7.56. The Kier molecular flexibility index (Phi) is 8.73. The number of methoxy groups -OCH3 is 1. The summed E-state index contributed by atoms with van der Waals surface area (Å²) < 4.78 is 45.2. The van der Waals surface area contributed by atoms with E-state index >= 15 is 8.78 Å². The van der Waals surface area contributed by atoms with Crippen molar-refractivity contribution in [3.63, 3.8) is 0 Å². The summed E-state index contributed by atoms with van der Waals surface area (Å²) in [6.07, 6.45) is 6.96. The number of fused-ring (bicyclic) bond motifs is 5. The van der Waals surface area contributed by atoms with Gasteiger partial charge in [-0.25, -0.2) is 8.78 Å². The Morgan fingerprint density at radius 2 is 1.74 bits per heavy atom. The lowest BCUT2D eigenvalue weighted by molar-refractivity contribution is 0.108. The van der Waals surface area contributed by atoms with Crippen molar-refractivity contribution in [1.29, 1.82) is 0 Å². The highest BCUT2D eigenvalue weighted by Crippen LogP contribution is 2.45. The van der Waals surface area contributed by atoms with Gasteiger partial charge in [0.05, 0.1) is 12.6 Å². The van der Waals surface area contributed by atoms with Gasteiger partial charge < -0.3 is 30.1 Å². The number of ether oxygens (including phenoxy) is 2. The highest BCUT2D eigenvalue weighted by Gasteiger charge is 2.45. The molecule has 53 heavy (non-hydrogen) atoms. The maximum Gasteiger partial charge on any atom is 0.319 e. The van der Waals surface area contributed by atoms with Crippen LogP contribution in [0.4, 0.5) is 20.3 Å². The minimum atomic E-state index is -0.578. The molecule has 2 unspecified atom stereocenters. The number of anilines is 2. The number of aromatic hydroxyl groups is 1. The van der Waals surface area contributed by atoms with E-state index in [2.05, 4.69) is 20.4 Å². The highest BCUT2D eigenvalue weighted by molar-refractivity contribution is 6.07. The normalized spacial score (nSPS) is 20.7. The third kappa shape index (κ3) is 6.07. The van der Waals surface area contributed by atoms with Crippen molar-refractivity contribution in [2.24, 2.45) is 0 Å². The maximum absolute atomic E-state index is 17.9. The van der Waals surface area contributed by atoms with Crippen LogP contribution in [0.5, 0.6) is 17.5 Å². The molecule has 0 amide bonds. The van der Waals surface area contributed by atoms with Gasteiger partial charge in [0.15, 0.2) is 5.82 Å². The van der Waals surface area contributed by atoms with Gasteiger partial charge in [-0.2, -0.15) is 9.97 Å². The molecule has 0 saturated carbocycles. The van der Waals surface area contributed by atoms with Crippen molar-refractivity contribution >= 4 is 33.2 Å². The number of piperazine rings is 1. The maximum atomic E-state index is 17.9. The summed E-state index contributed by atoms with van der Waals surface area (Å²) in [5.74, 6) is 0.398. The van der Waals surface area contributed by atoms with Crippen LogP contribution in [0.15, 0.2) is 54.6 Å². The van der Waals surface area contributed by atoms with E-state index in [0.29, 0.717) is 70.4 Å². The molecular weight excluding hydrogens is 674 g/mol. The molecule has 2 atom stereocenters. The van der Waals surface area contributed by atoms with Crippen molar-refractivity contribution in [3.05, 3.63) is 77.4 Å². The van der Waals surface area contributed by atoms with Gasteiger partial charge in [0.25, 0.3) is 0 Å². The van der Waals surface area contributed by atoms with Crippen LogP contribution in [0.25, 0.3) is 32.8 Å². The van der Waals surface area contributed by atoms with Gasteiger partial charge in [-0.05, 0) is 122 Å². The highest BCUT2D eigenvalue weighted by atomic mass is 19.1.